The van der Waals surface area contributed by atoms with Gasteiger partial charge in [-0.05, 0) is 58.7 Å². The number of aryl methyl sites for hydroxylation is 4. The molecule has 1 N–H and O–H groups in total. The number of nitrogens with zero attached hydrogens (tertiary/aromatic N) is 4. The molecule has 170 valence electrons. The van der Waals surface area contributed by atoms with Crippen LogP contribution in [0.2, 0.25) is 0 Å². The second-order valence-electron chi connectivity index (χ2n) is 8.59. The molecule has 0 aliphatic heterocycles. The van der Waals surface area contributed by atoms with Gasteiger partial charge in [-0.25, -0.2) is 9.36 Å². The van der Waals surface area contributed by atoms with Gasteiger partial charge in [-0.1, -0.05) is 47.5 Å². The van der Waals surface area contributed by atoms with E-state index in [1.165, 1.54) is 10.2 Å². The molecule has 4 rings (SSSR count). The molecule has 0 fully saturated rings. The molecular weight excluding hydrogens is 414 g/mol. The number of fused-ring (bicyclic) bond motifs is 1. The van der Waals surface area contributed by atoms with Gasteiger partial charge in [0.2, 0.25) is 5.91 Å². The van der Waals surface area contributed by atoms with Crippen LogP contribution >= 0.6 is 0 Å². The van der Waals surface area contributed by atoms with E-state index in [1.54, 1.807) is 11.6 Å². The molecular formula is C26H29N5O2. The average molecular weight is 444 g/mol. The van der Waals surface area contributed by atoms with E-state index in [1.807, 2.05) is 52.0 Å². The first kappa shape index (κ1) is 22.5. The molecule has 0 aliphatic carbocycles. The van der Waals surface area contributed by atoms with E-state index in [-0.39, 0.29) is 11.5 Å². The van der Waals surface area contributed by atoms with Gasteiger partial charge in [0.15, 0.2) is 5.52 Å². The molecule has 1 atom stereocenters. The molecule has 4 aromatic rings. The minimum Gasteiger partial charge on any atom is -0.354 e. The van der Waals surface area contributed by atoms with E-state index in [4.69, 9.17) is 0 Å². The second-order valence-corrected chi connectivity index (χ2v) is 8.59. The van der Waals surface area contributed by atoms with Crippen molar-refractivity contribution < 1.29 is 4.79 Å². The Hall–Kier alpha value is -3.74. The van der Waals surface area contributed by atoms with Crippen LogP contribution in [0.3, 0.4) is 0 Å². The lowest BCUT2D eigenvalue weighted by Gasteiger charge is -2.15. The maximum absolute atomic E-state index is 13.2. The van der Waals surface area contributed by atoms with Gasteiger partial charge in [-0.3, -0.25) is 9.59 Å². The fourth-order valence-corrected chi connectivity index (χ4v) is 3.99. The highest BCUT2D eigenvalue weighted by atomic mass is 16.2. The van der Waals surface area contributed by atoms with Crippen molar-refractivity contribution in [2.75, 3.05) is 6.54 Å². The van der Waals surface area contributed by atoms with Crippen LogP contribution in [-0.2, 0) is 11.2 Å². The number of amides is 1. The lowest BCUT2D eigenvalue weighted by Crippen LogP contribution is -2.38. The standard InChI is InChI=1S/C26H29N5O2/c1-16-6-10-21(11-7-16)14-15-27-25(32)20(5)31-26(33)24-23(18(3)28-31)19(4)30(29-24)22-12-8-17(2)9-13-22/h6-13,20H,14-15H2,1-5H3,(H,27,32)/t20-/m1/s1. The Labute approximate surface area is 193 Å². The normalized spacial score (nSPS) is 12.2. The van der Waals surface area contributed by atoms with Crippen LogP contribution in [0.25, 0.3) is 16.6 Å². The maximum atomic E-state index is 13.2. The third-order valence-corrected chi connectivity index (χ3v) is 6.00. The lowest BCUT2D eigenvalue weighted by atomic mass is 10.1. The highest BCUT2D eigenvalue weighted by Crippen LogP contribution is 2.22. The molecule has 0 saturated carbocycles. The van der Waals surface area contributed by atoms with Crippen molar-refractivity contribution in [2.24, 2.45) is 0 Å². The van der Waals surface area contributed by atoms with E-state index in [0.717, 1.165) is 34.3 Å². The molecule has 2 heterocycles. The summed E-state index contributed by atoms with van der Waals surface area (Å²) in [6.07, 6.45) is 0.722. The first-order valence-electron chi connectivity index (χ1n) is 11.2. The smallest absolute Gasteiger partial charge is 0.295 e. The minimum absolute atomic E-state index is 0.245. The van der Waals surface area contributed by atoms with E-state index in [2.05, 4.69) is 39.8 Å². The number of rotatable bonds is 6. The molecule has 0 radical (unpaired) electrons. The summed E-state index contributed by atoms with van der Waals surface area (Å²) in [4.78, 5) is 26.0. The zero-order chi connectivity index (χ0) is 23.7. The summed E-state index contributed by atoms with van der Waals surface area (Å²) < 4.78 is 3.00. The number of aromatic nitrogens is 4. The Kier molecular flexibility index (Phi) is 6.14. The first-order valence-corrected chi connectivity index (χ1v) is 11.2. The van der Waals surface area contributed by atoms with E-state index in [9.17, 15) is 9.59 Å². The summed E-state index contributed by atoms with van der Waals surface area (Å²) in [7, 11) is 0. The molecule has 0 bridgehead atoms. The van der Waals surface area contributed by atoms with Crippen LogP contribution in [-0.4, -0.2) is 32.0 Å². The fraction of sp³-hybridized carbons (Fsp3) is 0.308. The highest BCUT2D eigenvalue weighted by molar-refractivity contribution is 5.84. The number of nitrogens with one attached hydrogen (secondary N) is 1. The maximum Gasteiger partial charge on any atom is 0.295 e. The number of benzene rings is 2. The third-order valence-electron chi connectivity index (χ3n) is 6.00. The number of carbonyl (C=O) groups is 1. The van der Waals surface area contributed by atoms with Crippen LogP contribution in [0.15, 0.2) is 53.3 Å². The predicted molar refractivity (Wildman–Crippen MR) is 130 cm³/mol. The van der Waals surface area contributed by atoms with Gasteiger partial charge >= 0.3 is 0 Å². The molecule has 0 saturated heterocycles. The zero-order valence-corrected chi connectivity index (χ0v) is 19.7. The Morgan fingerprint density at radius 3 is 2.18 bits per heavy atom. The van der Waals surface area contributed by atoms with Gasteiger partial charge in [-0.15, -0.1) is 0 Å². The van der Waals surface area contributed by atoms with Crippen molar-refractivity contribution in [2.45, 2.75) is 47.1 Å². The van der Waals surface area contributed by atoms with Crippen molar-refractivity contribution in [3.05, 3.63) is 87.0 Å². The monoisotopic (exact) mass is 443 g/mol. The van der Waals surface area contributed by atoms with Gasteiger partial charge in [0.05, 0.1) is 22.5 Å². The van der Waals surface area contributed by atoms with Gasteiger partial charge in [0, 0.05) is 6.54 Å². The minimum atomic E-state index is -0.747. The van der Waals surface area contributed by atoms with Gasteiger partial charge in [0.25, 0.3) is 5.56 Å². The topological polar surface area (TPSA) is 81.8 Å². The van der Waals surface area contributed by atoms with Crippen molar-refractivity contribution in [3.8, 4) is 5.69 Å². The van der Waals surface area contributed by atoms with Crippen molar-refractivity contribution >= 4 is 16.8 Å². The summed E-state index contributed by atoms with van der Waals surface area (Å²) >= 11 is 0. The van der Waals surface area contributed by atoms with Gasteiger partial charge in [-0.2, -0.15) is 10.2 Å². The average Bonchev–Trinajstić information content (AvgIpc) is 3.15. The molecule has 2 aromatic heterocycles. The van der Waals surface area contributed by atoms with Gasteiger partial charge < -0.3 is 5.32 Å². The van der Waals surface area contributed by atoms with Crippen LogP contribution in [0.5, 0.6) is 0 Å². The predicted octanol–water partition coefficient (Wildman–Crippen LogP) is 3.74. The second kappa shape index (κ2) is 9.02. The molecule has 1 amide bonds. The Morgan fingerprint density at radius 2 is 1.55 bits per heavy atom. The Bertz CT molecular complexity index is 1370. The molecule has 33 heavy (non-hydrogen) atoms. The SMILES string of the molecule is Cc1ccc(CCNC(=O)[C@@H](C)n2nc(C)c3c(C)n(-c4ccc(C)cc4)nc3c2=O)cc1. The zero-order valence-electron chi connectivity index (χ0n) is 19.7. The summed E-state index contributed by atoms with van der Waals surface area (Å²) in [6.45, 7) is 10.0. The molecule has 7 heteroatoms. The van der Waals surface area contributed by atoms with Crippen LogP contribution in [0, 0.1) is 27.7 Å². The Morgan fingerprint density at radius 1 is 0.939 bits per heavy atom. The lowest BCUT2D eigenvalue weighted by molar-refractivity contribution is -0.124. The fourth-order valence-electron chi connectivity index (χ4n) is 3.99. The molecule has 0 spiro atoms. The number of hydrogen-bond donors (Lipinski definition) is 1. The van der Waals surface area contributed by atoms with E-state index < -0.39 is 6.04 Å². The van der Waals surface area contributed by atoms with Crippen molar-refractivity contribution in [1.82, 2.24) is 24.9 Å². The van der Waals surface area contributed by atoms with Crippen molar-refractivity contribution in [3.63, 3.8) is 0 Å². The van der Waals surface area contributed by atoms with E-state index in [0.29, 0.717) is 17.8 Å². The molecule has 7 nitrogen and oxygen atoms in total. The van der Waals surface area contributed by atoms with Crippen LogP contribution in [0.1, 0.15) is 41.0 Å². The third kappa shape index (κ3) is 4.44. The first-order chi connectivity index (χ1) is 15.8. The number of hydrogen-bond acceptors (Lipinski definition) is 4. The summed E-state index contributed by atoms with van der Waals surface area (Å²) in [5, 5.41) is 12.7. The van der Waals surface area contributed by atoms with Gasteiger partial charge in [0.1, 0.15) is 6.04 Å². The molecule has 0 aliphatic rings. The summed E-state index contributed by atoms with van der Waals surface area (Å²) in [5.41, 5.74) is 5.84. The van der Waals surface area contributed by atoms with E-state index >= 15 is 0 Å². The largest absolute Gasteiger partial charge is 0.354 e. The summed E-state index contributed by atoms with van der Waals surface area (Å²) in [6, 6.07) is 15.4. The van der Waals surface area contributed by atoms with Crippen LogP contribution < -0.4 is 10.9 Å². The summed E-state index contributed by atoms with van der Waals surface area (Å²) in [5.74, 6) is -0.245. The Balaban J connectivity index is 1.58. The molecule has 0 unspecified atom stereocenters. The van der Waals surface area contributed by atoms with Crippen LogP contribution in [0.4, 0.5) is 0 Å². The molecule has 2 aromatic carbocycles. The number of carbonyl (C=O) groups excluding carboxylic acids is 1. The highest BCUT2D eigenvalue weighted by Gasteiger charge is 2.23. The quantitative estimate of drug-likeness (QED) is 0.492. The van der Waals surface area contributed by atoms with Crippen molar-refractivity contribution in [1.29, 1.82) is 0 Å².